The highest BCUT2D eigenvalue weighted by Gasteiger charge is 2.25. The Morgan fingerprint density at radius 1 is 1.17 bits per heavy atom. The van der Waals surface area contributed by atoms with Crippen LogP contribution < -0.4 is 10.6 Å². The molecule has 3 rings (SSSR count). The second-order valence-corrected chi connectivity index (χ2v) is 7.65. The van der Waals surface area contributed by atoms with E-state index in [4.69, 9.17) is 28.9 Å². The van der Waals surface area contributed by atoms with Gasteiger partial charge in [0.05, 0.1) is 16.1 Å². The average Bonchev–Trinajstić information content (AvgIpc) is 3.10. The van der Waals surface area contributed by atoms with Crippen LogP contribution in [-0.4, -0.2) is 43.0 Å². The van der Waals surface area contributed by atoms with E-state index in [9.17, 15) is 4.79 Å². The Labute approximate surface area is 155 Å². The van der Waals surface area contributed by atoms with Crippen LogP contribution in [0.3, 0.4) is 0 Å². The van der Waals surface area contributed by atoms with Gasteiger partial charge in [0.1, 0.15) is 0 Å². The van der Waals surface area contributed by atoms with Crippen molar-refractivity contribution in [3.63, 3.8) is 0 Å². The number of hydrogen-bond acceptors (Lipinski definition) is 4. The topological polar surface area (TPSA) is 49.6 Å². The fraction of sp³-hybridized carbons (Fsp3) is 0.353. The molecule has 2 aromatic rings. The van der Waals surface area contributed by atoms with Crippen molar-refractivity contribution in [3.05, 3.63) is 50.6 Å². The first kappa shape index (κ1) is 17.5. The number of amides is 1. The van der Waals surface area contributed by atoms with Crippen molar-refractivity contribution >= 4 is 46.1 Å². The van der Waals surface area contributed by atoms with Gasteiger partial charge in [0.15, 0.2) is 0 Å². The standard InChI is InChI=1S/C17H19Cl2N3OS/c18-14-4-3-12(10-15(14)19)21-5-7-22(8-6-21)17(23)16(20)11-13-2-1-9-24-13/h1-4,9-10,16H,5-8,11,20H2. The molecule has 0 radical (unpaired) electrons. The van der Waals surface area contributed by atoms with E-state index in [0.717, 1.165) is 23.7 Å². The number of carbonyl (C=O) groups is 1. The summed E-state index contributed by atoms with van der Waals surface area (Å²) in [6, 6.07) is 9.14. The van der Waals surface area contributed by atoms with Gasteiger partial charge >= 0.3 is 0 Å². The molecular weight excluding hydrogens is 365 g/mol. The number of rotatable bonds is 4. The zero-order chi connectivity index (χ0) is 17.1. The minimum Gasteiger partial charge on any atom is -0.368 e. The quantitative estimate of drug-likeness (QED) is 0.880. The van der Waals surface area contributed by atoms with Crippen molar-refractivity contribution in [2.75, 3.05) is 31.1 Å². The largest absolute Gasteiger partial charge is 0.368 e. The molecule has 0 bridgehead atoms. The van der Waals surface area contributed by atoms with Crippen LogP contribution in [0.5, 0.6) is 0 Å². The van der Waals surface area contributed by atoms with Gasteiger partial charge in [0.25, 0.3) is 0 Å². The van der Waals surface area contributed by atoms with Crippen molar-refractivity contribution in [2.45, 2.75) is 12.5 Å². The molecule has 2 heterocycles. The maximum absolute atomic E-state index is 12.5. The number of anilines is 1. The summed E-state index contributed by atoms with van der Waals surface area (Å²) in [6.07, 6.45) is 0.601. The van der Waals surface area contributed by atoms with E-state index < -0.39 is 6.04 Å². The summed E-state index contributed by atoms with van der Waals surface area (Å²) in [4.78, 5) is 17.7. The lowest BCUT2D eigenvalue weighted by molar-refractivity contribution is -0.132. The van der Waals surface area contributed by atoms with Crippen LogP contribution in [0.2, 0.25) is 10.0 Å². The first-order valence-electron chi connectivity index (χ1n) is 7.81. The molecule has 2 N–H and O–H groups in total. The highest BCUT2D eigenvalue weighted by atomic mass is 35.5. The van der Waals surface area contributed by atoms with E-state index in [-0.39, 0.29) is 5.91 Å². The van der Waals surface area contributed by atoms with E-state index in [0.29, 0.717) is 29.6 Å². The molecule has 1 aromatic heterocycles. The summed E-state index contributed by atoms with van der Waals surface area (Å²) in [5.41, 5.74) is 7.12. The number of hydrogen-bond donors (Lipinski definition) is 1. The smallest absolute Gasteiger partial charge is 0.239 e. The number of nitrogens with zero attached hydrogens (tertiary/aromatic N) is 2. The number of nitrogens with two attached hydrogens (primary N) is 1. The van der Waals surface area contributed by atoms with Gasteiger partial charge in [0, 0.05) is 43.2 Å². The minimum absolute atomic E-state index is 0.0252. The van der Waals surface area contributed by atoms with Crippen LogP contribution in [0.25, 0.3) is 0 Å². The molecular formula is C17H19Cl2N3OS. The second-order valence-electron chi connectivity index (χ2n) is 5.80. The molecule has 1 unspecified atom stereocenters. The number of piperazine rings is 1. The van der Waals surface area contributed by atoms with Crippen molar-refractivity contribution in [1.29, 1.82) is 0 Å². The summed E-state index contributed by atoms with van der Waals surface area (Å²) in [7, 11) is 0. The Kier molecular flexibility index (Phi) is 5.66. The van der Waals surface area contributed by atoms with E-state index in [1.54, 1.807) is 17.4 Å². The summed E-state index contributed by atoms with van der Waals surface area (Å²) in [6.45, 7) is 2.85. The molecule has 0 aliphatic carbocycles. The van der Waals surface area contributed by atoms with Gasteiger partial charge in [-0.3, -0.25) is 4.79 Å². The molecule has 1 aromatic carbocycles. The summed E-state index contributed by atoms with van der Waals surface area (Å²) >= 11 is 13.7. The predicted molar refractivity (Wildman–Crippen MR) is 101 cm³/mol. The molecule has 1 saturated heterocycles. The highest BCUT2D eigenvalue weighted by molar-refractivity contribution is 7.09. The van der Waals surface area contributed by atoms with Crippen LogP contribution in [-0.2, 0) is 11.2 Å². The van der Waals surface area contributed by atoms with Gasteiger partial charge in [-0.1, -0.05) is 29.3 Å². The minimum atomic E-state index is -0.472. The van der Waals surface area contributed by atoms with Gasteiger partial charge in [-0.05, 0) is 29.6 Å². The summed E-state index contributed by atoms with van der Waals surface area (Å²) in [5, 5.41) is 3.10. The normalized spacial score (nSPS) is 16.3. The zero-order valence-electron chi connectivity index (χ0n) is 13.1. The number of benzene rings is 1. The zero-order valence-corrected chi connectivity index (χ0v) is 15.4. The van der Waals surface area contributed by atoms with Crippen LogP contribution in [0.1, 0.15) is 4.88 Å². The van der Waals surface area contributed by atoms with Crippen LogP contribution in [0.4, 0.5) is 5.69 Å². The third-order valence-corrected chi connectivity index (χ3v) is 5.82. The van der Waals surface area contributed by atoms with Gasteiger partial charge < -0.3 is 15.5 Å². The molecule has 1 atom stereocenters. The monoisotopic (exact) mass is 383 g/mol. The van der Waals surface area contributed by atoms with E-state index in [1.807, 2.05) is 34.5 Å². The van der Waals surface area contributed by atoms with E-state index in [1.165, 1.54) is 0 Å². The maximum atomic E-state index is 12.5. The lowest BCUT2D eigenvalue weighted by atomic mass is 10.1. The Hall–Kier alpha value is -1.27. The van der Waals surface area contributed by atoms with Crippen molar-refractivity contribution < 1.29 is 4.79 Å². The van der Waals surface area contributed by atoms with Crippen LogP contribution in [0.15, 0.2) is 35.7 Å². The van der Waals surface area contributed by atoms with Gasteiger partial charge in [-0.15, -0.1) is 11.3 Å². The molecule has 24 heavy (non-hydrogen) atoms. The van der Waals surface area contributed by atoms with E-state index in [2.05, 4.69) is 4.90 Å². The fourth-order valence-corrected chi connectivity index (χ4v) is 3.89. The predicted octanol–water partition coefficient (Wildman–Crippen LogP) is 3.27. The Bertz CT molecular complexity index is 700. The average molecular weight is 384 g/mol. The van der Waals surface area contributed by atoms with Crippen LogP contribution >= 0.6 is 34.5 Å². The van der Waals surface area contributed by atoms with Gasteiger partial charge in [-0.25, -0.2) is 0 Å². The summed E-state index contributed by atoms with van der Waals surface area (Å²) in [5.74, 6) is 0.0252. The van der Waals surface area contributed by atoms with Crippen molar-refractivity contribution in [3.8, 4) is 0 Å². The molecule has 7 heteroatoms. The first-order valence-corrected chi connectivity index (χ1v) is 9.45. The highest BCUT2D eigenvalue weighted by Crippen LogP contribution is 2.27. The fourth-order valence-electron chi connectivity index (χ4n) is 2.83. The molecule has 1 amide bonds. The maximum Gasteiger partial charge on any atom is 0.239 e. The third-order valence-electron chi connectivity index (χ3n) is 4.18. The second kappa shape index (κ2) is 7.74. The SMILES string of the molecule is NC(Cc1cccs1)C(=O)N1CCN(c2ccc(Cl)c(Cl)c2)CC1. The molecule has 0 spiro atoms. The molecule has 1 fully saturated rings. The van der Waals surface area contributed by atoms with Crippen LogP contribution in [0, 0.1) is 0 Å². The number of carbonyl (C=O) groups excluding carboxylic acids is 1. The van der Waals surface area contributed by atoms with Gasteiger partial charge in [-0.2, -0.15) is 0 Å². The van der Waals surface area contributed by atoms with Crippen molar-refractivity contribution in [2.24, 2.45) is 5.73 Å². The number of thiophene rings is 1. The molecule has 128 valence electrons. The molecule has 0 saturated carbocycles. The Morgan fingerprint density at radius 3 is 2.54 bits per heavy atom. The lowest BCUT2D eigenvalue weighted by Gasteiger charge is -2.37. The first-order chi connectivity index (χ1) is 11.5. The summed E-state index contributed by atoms with van der Waals surface area (Å²) < 4.78 is 0. The lowest BCUT2D eigenvalue weighted by Crippen LogP contribution is -2.53. The Balaban J connectivity index is 1.56. The Morgan fingerprint density at radius 2 is 1.92 bits per heavy atom. The number of halogens is 2. The molecule has 1 aliphatic rings. The van der Waals surface area contributed by atoms with E-state index >= 15 is 0 Å². The third kappa shape index (κ3) is 4.03. The van der Waals surface area contributed by atoms with Crippen molar-refractivity contribution in [1.82, 2.24) is 4.90 Å². The molecule has 4 nitrogen and oxygen atoms in total. The van der Waals surface area contributed by atoms with Gasteiger partial charge in [0.2, 0.25) is 5.91 Å². The molecule has 1 aliphatic heterocycles.